The minimum atomic E-state index is 0. The first-order valence-electron chi connectivity index (χ1n) is 12.3. The predicted octanol–water partition coefficient (Wildman–Crippen LogP) is 6.93. The Kier molecular flexibility index (Phi) is 5.24. The molecule has 3 fully saturated rings. The van der Waals surface area contributed by atoms with Crippen molar-refractivity contribution in [2.75, 3.05) is 18.4 Å². The molecule has 1 N–H and O–H groups in total. The number of aromatic nitrogens is 1. The van der Waals surface area contributed by atoms with Crippen LogP contribution in [0.5, 0.6) is 0 Å². The van der Waals surface area contributed by atoms with Gasteiger partial charge in [0.25, 0.3) is 0 Å². The number of anilines is 2. The lowest BCUT2D eigenvalue weighted by Gasteiger charge is -2.59. The van der Waals surface area contributed by atoms with Crippen LogP contribution in [-0.4, -0.2) is 29.0 Å². The van der Waals surface area contributed by atoms with Crippen molar-refractivity contribution in [2.45, 2.75) is 62.8 Å². The molecule has 2 saturated carbocycles. The number of nitrogens with one attached hydrogen (secondary N) is 1. The normalized spacial score (nSPS) is 29.1. The van der Waals surface area contributed by atoms with Gasteiger partial charge in [-0.05, 0) is 92.3 Å². The highest BCUT2D eigenvalue weighted by Crippen LogP contribution is 2.56. The van der Waals surface area contributed by atoms with Crippen molar-refractivity contribution >= 4 is 44.8 Å². The summed E-state index contributed by atoms with van der Waals surface area (Å²) in [4.78, 5) is 7.93. The lowest BCUT2D eigenvalue weighted by molar-refractivity contribution is -0.0132. The Morgan fingerprint density at radius 3 is 2.78 bits per heavy atom. The quantitative estimate of drug-likeness (QED) is 0.452. The third-order valence-electron chi connectivity index (χ3n) is 8.67. The molecule has 3 aromatic rings. The first-order chi connectivity index (χ1) is 15.3. The molecule has 1 aliphatic heterocycles. The Hall–Kier alpha value is -1.62. The van der Waals surface area contributed by atoms with Gasteiger partial charge < -0.3 is 5.32 Å². The van der Waals surface area contributed by atoms with E-state index in [-0.39, 0.29) is 12.4 Å². The molecular weight excluding hydrogens is 434 g/mol. The molecule has 168 valence electrons. The molecule has 2 aromatic carbocycles. The van der Waals surface area contributed by atoms with Gasteiger partial charge in [-0.25, -0.2) is 4.98 Å². The van der Waals surface area contributed by atoms with Gasteiger partial charge in [0.05, 0.1) is 10.2 Å². The molecule has 3 nitrogen and oxygen atoms in total. The number of thiazole rings is 1. The fourth-order valence-corrected chi connectivity index (χ4v) is 8.00. The number of fused-ring (bicyclic) bond motifs is 2. The van der Waals surface area contributed by atoms with Crippen LogP contribution in [0.2, 0.25) is 0 Å². The first kappa shape index (κ1) is 20.9. The highest BCUT2D eigenvalue weighted by Gasteiger charge is 2.54. The molecule has 3 atom stereocenters. The van der Waals surface area contributed by atoms with E-state index < -0.39 is 0 Å². The van der Waals surface area contributed by atoms with E-state index in [2.05, 4.69) is 52.7 Å². The molecule has 2 bridgehead atoms. The predicted molar refractivity (Wildman–Crippen MR) is 137 cm³/mol. The van der Waals surface area contributed by atoms with Crippen molar-refractivity contribution in [2.24, 2.45) is 11.8 Å². The Balaban J connectivity index is 0.00000196. The van der Waals surface area contributed by atoms with E-state index in [4.69, 9.17) is 4.98 Å². The zero-order valence-electron chi connectivity index (χ0n) is 18.6. The van der Waals surface area contributed by atoms with Crippen molar-refractivity contribution < 1.29 is 0 Å². The summed E-state index contributed by atoms with van der Waals surface area (Å²) in [6.07, 6.45) is 11.2. The summed E-state index contributed by atoms with van der Waals surface area (Å²) in [5, 5.41) is 4.53. The molecule has 0 radical (unpaired) electrons. The molecule has 0 amide bonds. The van der Waals surface area contributed by atoms with Gasteiger partial charge in [0.2, 0.25) is 0 Å². The molecule has 32 heavy (non-hydrogen) atoms. The molecule has 5 heteroatoms. The average Bonchev–Trinajstić information content (AvgIpc) is 3.53. The molecule has 7 rings (SSSR count). The van der Waals surface area contributed by atoms with Crippen LogP contribution in [0.25, 0.3) is 10.2 Å². The topological polar surface area (TPSA) is 28.2 Å². The summed E-state index contributed by atoms with van der Waals surface area (Å²) in [6, 6.07) is 16.2. The smallest absolute Gasteiger partial charge is 0.188 e. The van der Waals surface area contributed by atoms with Gasteiger partial charge in [-0.1, -0.05) is 42.4 Å². The fourth-order valence-electron chi connectivity index (χ4n) is 7.07. The number of nitrogens with zero attached hydrogens (tertiary/aromatic N) is 2. The van der Waals surface area contributed by atoms with Crippen molar-refractivity contribution in [1.29, 1.82) is 0 Å². The van der Waals surface area contributed by atoms with Crippen molar-refractivity contribution in [1.82, 2.24) is 9.88 Å². The minimum absolute atomic E-state index is 0. The van der Waals surface area contributed by atoms with E-state index in [1.165, 1.54) is 74.7 Å². The summed E-state index contributed by atoms with van der Waals surface area (Å²) in [5.74, 6) is 1.85. The number of para-hydroxylation sites is 1. The highest BCUT2D eigenvalue weighted by molar-refractivity contribution is 7.22. The van der Waals surface area contributed by atoms with E-state index >= 15 is 0 Å². The summed E-state index contributed by atoms with van der Waals surface area (Å²) >= 11 is 1.81. The second kappa shape index (κ2) is 8.00. The minimum Gasteiger partial charge on any atom is -0.332 e. The Bertz CT molecular complexity index is 1120. The SMILES string of the molecule is Cl.c1ccc(Nc2nc3cc4c(cc3s2)C[C@@H]2[C@@H]3CCCC[C@]43CCN2CC2CC2)cc1. The van der Waals surface area contributed by atoms with Crippen LogP contribution in [0.1, 0.15) is 56.1 Å². The number of hydrogen-bond donors (Lipinski definition) is 1. The van der Waals surface area contributed by atoms with Crippen LogP contribution < -0.4 is 5.32 Å². The van der Waals surface area contributed by atoms with Gasteiger partial charge in [0.15, 0.2) is 5.13 Å². The Morgan fingerprint density at radius 2 is 1.94 bits per heavy atom. The first-order valence-corrected chi connectivity index (χ1v) is 13.1. The van der Waals surface area contributed by atoms with Crippen LogP contribution >= 0.6 is 23.7 Å². The van der Waals surface area contributed by atoms with E-state index in [0.29, 0.717) is 5.41 Å². The van der Waals surface area contributed by atoms with E-state index in [0.717, 1.165) is 28.7 Å². The van der Waals surface area contributed by atoms with Gasteiger partial charge >= 0.3 is 0 Å². The van der Waals surface area contributed by atoms with Crippen LogP contribution in [0.4, 0.5) is 10.8 Å². The molecular formula is C27H32ClN3S. The third-order valence-corrected chi connectivity index (χ3v) is 9.60. The van der Waals surface area contributed by atoms with Crippen LogP contribution in [0.15, 0.2) is 42.5 Å². The molecule has 3 aliphatic carbocycles. The van der Waals surface area contributed by atoms with Crippen LogP contribution in [0.3, 0.4) is 0 Å². The van der Waals surface area contributed by atoms with Gasteiger partial charge in [0, 0.05) is 23.7 Å². The van der Waals surface area contributed by atoms with Crippen molar-refractivity contribution in [3.63, 3.8) is 0 Å². The molecule has 1 saturated heterocycles. The fraction of sp³-hybridized carbons (Fsp3) is 0.519. The van der Waals surface area contributed by atoms with Crippen molar-refractivity contribution in [3.05, 3.63) is 53.6 Å². The third kappa shape index (κ3) is 3.38. The molecule has 1 aromatic heterocycles. The zero-order chi connectivity index (χ0) is 20.4. The van der Waals surface area contributed by atoms with E-state index in [1.54, 1.807) is 22.5 Å². The monoisotopic (exact) mass is 465 g/mol. The van der Waals surface area contributed by atoms with Crippen LogP contribution in [-0.2, 0) is 11.8 Å². The van der Waals surface area contributed by atoms with E-state index in [1.807, 2.05) is 0 Å². The average molecular weight is 466 g/mol. The summed E-state index contributed by atoms with van der Waals surface area (Å²) in [6.45, 7) is 2.67. The van der Waals surface area contributed by atoms with Crippen LogP contribution in [0, 0.1) is 11.8 Å². The standard InChI is InChI=1S/C27H31N3S.ClH/c1-2-6-20(7-3-1)28-26-29-23-16-22-19(15-25(23)31-26)14-24-21-8-4-5-11-27(21,22)12-13-30(24)17-18-9-10-18;/h1-3,6-7,15-16,18,21,24H,4-5,8-14,17H2,(H,28,29);1H/t21-,24+,27+;/m0./s1. The Morgan fingerprint density at radius 1 is 1.06 bits per heavy atom. The number of halogens is 1. The maximum Gasteiger partial charge on any atom is 0.188 e. The van der Waals surface area contributed by atoms with Gasteiger partial charge in [-0.3, -0.25) is 4.90 Å². The molecule has 2 heterocycles. The summed E-state index contributed by atoms with van der Waals surface area (Å²) in [5.41, 5.74) is 6.03. The zero-order valence-corrected chi connectivity index (χ0v) is 20.2. The maximum atomic E-state index is 5.02. The molecule has 4 aliphatic rings. The van der Waals surface area contributed by atoms with Gasteiger partial charge in [0.1, 0.15) is 0 Å². The second-order valence-electron chi connectivity index (χ2n) is 10.5. The lowest BCUT2D eigenvalue weighted by atomic mass is 9.52. The molecule has 0 spiro atoms. The Labute approximate surface area is 201 Å². The highest BCUT2D eigenvalue weighted by atomic mass is 35.5. The van der Waals surface area contributed by atoms with Crippen molar-refractivity contribution in [3.8, 4) is 0 Å². The summed E-state index contributed by atoms with van der Waals surface area (Å²) < 4.78 is 1.34. The van der Waals surface area contributed by atoms with Gasteiger partial charge in [-0.2, -0.15) is 0 Å². The lowest BCUT2D eigenvalue weighted by Crippen LogP contribution is -2.61. The maximum absolute atomic E-state index is 5.02. The number of likely N-dealkylation sites (tertiary alicyclic amines) is 1. The second-order valence-corrected chi connectivity index (χ2v) is 11.5. The largest absolute Gasteiger partial charge is 0.332 e. The van der Waals surface area contributed by atoms with Gasteiger partial charge in [-0.15, -0.1) is 12.4 Å². The molecule has 0 unspecified atom stereocenters. The van der Waals surface area contributed by atoms with E-state index in [9.17, 15) is 0 Å². The summed E-state index contributed by atoms with van der Waals surface area (Å²) in [7, 11) is 0. The number of benzene rings is 2. The number of rotatable bonds is 4. The number of piperidine rings is 1. The number of hydrogen-bond acceptors (Lipinski definition) is 4.